The van der Waals surface area contributed by atoms with E-state index in [0.29, 0.717) is 5.82 Å². The van der Waals surface area contributed by atoms with Crippen LogP contribution in [-0.2, 0) is 16.2 Å². The van der Waals surface area contributed by atoms with Gasteiger partial charge in [0.2, 0.25) is 0 Å². The minimum atomic E-state index is -0.510. The van der Waals surface area contributed by atoms with E-state index in [-0.39, 0.29) is 0 Å². The van der Waals surface area contributed by atoms with Crippen LogP contribution in [-0.4, -0.2) is 9.97 Å². The summed E-state index contributed by atoms with van der Waals surface area (Å²) in [6, 6.07) is 105. The van der Waals surface area contributed by atoms with Gasteiger partial charge in [0.25, 0.3) is 0 Å². The van der Waals surface area contributed by atoms with Crippen molar-refractivity contribution in [3.63, 3.8) is 0 Å². The van der Waals surface area contributed by atoms with Crippen molar-refractivity contribution in [2.45, 2.75) is 16.2 Å². The van der Waals surface area contributed by atoms with Crippen molar-refractivity contribution in [3.8, 4) is 101 Å². The Morgan fingerprint density at radius 1 is 0.173 bits per heavy atom. The quantitative estimate of drug-likeness (QED) is 0.176. The lowest BCUT2D eigenvalue weighted by Gasteiger charge is -2.31. The van der Waals surface area contributed by atoms with E-state index in [1.54, 1.807) is 0 Å². The molecule has 0 unspecified atom stereocenters. The highest BCUT2D eigenvalue weighted by molar-refractivity contribution is 6.00. The molecule has 0 saturated carbocycles. The summed E-state index contributed by atoms with van der Waals surface area (Å²) >= 11 is 0. The van der Waals surface area contributed by atoms with Gasteiger partial charge in [-0.15, -0.1) is 0 Å². The van der Waals surface area contributed by atoms with E-state index in [1.165, 1.54) is 134 Å². The molecule has 6 aliphatic carbocycles. The van der Waals surface area contributed by atoms with Crippen molar-refractivity contribution >= 4 is 0 Å². The molecule has 2 nitrogen and oxygen atoms in total. The number of hydrogen-bond acceptors (Lipinski definition) is 2. The highest BCUT2D eigenvalue weighted by Crippen LogP contribution is 2.66. The van der Waals surface area contributed by atoms with E-state index in [4.69, 9.17) is 9.97 Å². The van der Waals surface area contributed by atoms with Gasteiger partial charge in [0.05, 0.1) is 27.6 Å². The van der Waals surface area contributed by atoms with Gasteiger partial charge in [-0.3, -0.25) is 0 Å². The van der Waals surface area contributed by atoms with E-state index in [1.807, 2.05) is 0 Å². The number of nitrogens with zero attached hydrogens (tertiary/aromatic N) is 2. The van der Waals surface area contributed by atoms with Crippen molar-refractivity contribution in [2.24, 2.45) is 0 Å². The summed E-state index contributed by atoms with van der Waals surface area (Å²) in [4.78, 5) is 11.6. The lowest BCUT2D eigenvalue weighted by molar-refractivity contribution is 0.793. The zero-order chi connectivity index (χ0) is 52.8. The summed E-state index contributed by atoms with van der Waals surface area (Å²) in [6.07, 6.45) is 0. The Bertz CT molecular complexity index is 4280. The zero-order valence-electron chi connectivity index (χ0n) is 44.0. The van der Waals surface area contributed by atoms with Gasteiger partial charge in [-0.2, -0.15) is 0 Å². The SMILES string of the molecule is c1ccc2c(c1)-c1ccccc1C21c2ccccc2-c2ccc(-c3cc(-c4ccc5c(c4)C4(c6ccccc6-c6ccccc64)c4ccccc4-5)nc(-c4ccc5c(c4)C4(c6ccccc6-c6ccccc64)c4ccccc4-5)n3)cc21. The molecule has 0 N–H and O–H groups in total. The zero-order valence-corrected chi connectivity index (χ0v) is 44.0. The average Bonchev–Trinajstić information content (AvgIpc) is 1.87. The Hall–Kier alpha value is -10.3. The van der Waals surface area contributed by atoms with Crippen molar-refractivity contribution < 1.29 is 0 Å². The molecule has 0 fully saturated rings. The molecule has 0 atom stereocenters. The van der Waals surface area contributed by atoms with Crippen LogP contribution in [0.15, 0.2) is 279 Å². The van der Waals surface area contributed by atoms with E-state index >= 15 is 0 Å². The molecule has 13 aromatic rings. The van der Waals surface area contributed by atoms with Crippen LogP contribution in [0.5, 0.6) is 0 Å². The minimum absolute atomic E-state index is 0.498. The Labute approximate surface area is 470 Å². The Morgan fingerprint density at radius 3 is 0.617 bits per heavy atom. The van der Waals surface area contributed by atoms with Gasteiger partial charge in [-0.1, -0.05) is 255 Å². The first-order valence-electron chi connectivity index (χ1n) is 28.4. The molecule has 2 heteroatoms. The molecule has 0 aliphatic heterocycles. The maximum absolute atomic E-state index is 5.78. The van der Waals surface area contributed by atoms with Crippen LogP contribution in [0.2, 0.25) is 0 Å². The third-order valence-corrected chi connectivity index (χ3v) is 19.6. The van der Waals surface area contributed by atoms with Crippen molar-refractivity contribution in [3.05, 3.63) is 346 Å². The molecular weight excluding hydrogens is 977 g/mol. The molecule has 372 valence electrons. The smallest absolute Gasteiger partial charge is 0.160 e. The van der Waals surface area contributed by atoms with Crippen LogP contribution in [0.4, 0.5) is 0 Å². The van der Waals surface area contributed by atoms with Crippen LogP contribution in [0.3, 0.4) is 0 Å². The second-order valence-corrected chi connectivity index (χ2v) is 22.9. The predicted molar refractivity (Wildman–Crippen MR) is 327 cm³/mol. The summed E-state index contributed by atoms with van der Waals surface area (Å²) in [5.41, 5.74) is 34.4. The highest BCUT2D eigenvalue weighted by Gasteiger charge is 2.54. The van der Waals surface area contributed by atoms with Crippen LogP contribution in [0.1, 0.15) is 66.8 Å². The summed E-state index contributed by atoms with van der Waals surface area (Å²) in [7, 11) is 0. The second-order valence-electron chi connectivity index (χ2n) is 22.9. The van der Waals surface area contributed by atoms with Crippen molar-refractivity contribution in [1.82, 2.24) is 9.97 Å². The topological polar surface area (TPSA) is 25.8 Å². The standard InChI is InChI=1S/C79H46N2/c1-10-28-62-50(19-1)51-20-2-11-29-63(51)77(62)68-34-16-7-25-56(68)59-40-37-47(43-71(59)77)74-46-75(48-38-41-60-57-26-8-17-35-69(57)78(72(60)44-48)64-30-12-3-21-52(64)53-22-4-13-31-65(53)78)81-76(80-74)49-39-42-61-58-27-9-18-36-70(58)79(73(61)45-49)66-32-14-5-23-54(66)55-24-6-15-33-67(55)79/h1-46H. The van der Waals surface area contributed by atoms with Crippen LogP contribution in [0, 0.1) is 0 Å². The molecular formula is C79H46N2. The average molecular weight is 1020 g/mol. The van der Waals surface area contributed by atoms with Gasteiger partial charge in [-0.25, -0.2) is 9.97 Å². The molecule has 19 rings (SSSR count). The highest BCUT2D eigenvalue weighted by atomic mass is 14.9. The van der Waals surface area contributed by atoms with Crippen LogP contribution >= 0.6 is 0 Å². The van der Waals surface area contributed by atoms with E-state index in [9.17, 15) is 0 Å². The third-order valence-electron chi connectivity index (χ3n) is 19.6. The monoisotopic (exact) mass is 1020 g/mol. The van der Waals surface area contributed by atoms with Crippen molar-refractivity contribution in [2.75, 3.05) is 0 Å². The first-order chi connectivity index (χ1) is 40.2. The predicted octanol–water partition coefficient (Wildman–Crippen LogP) is 18.5. The van der Waals surface area contributed by atoms with Gasteiger partial charge in [0, 0.05) is 16.7 Å². The van der Waals surface area contributed by atoms with Crippen molar-refractivity contribution in [1.29, 1.82) is 0 Å². The molecule has 1 heterocycles. The summed E-state index contributed by atoms with van der Waals surface area (Å²) < 4.78 is 0. The Morgan fingerprint density at radius 2 is 0.370 bits per heavy atom. The number of fused-ring (bicyclic) bond motifs is 30. The number of aromatic nitrogens is 2. The third kappa shape index (κ3) is 5.21. The van der Waals surface area contributed by atoms with E-state index in [2.05, 4.69) is 279 Å². The number of benzene rings is 12. The first kappa shape index (κ1) is 43.7. The van der Waals surface area contributed by atoms with Crippen LogP contribution < -0.4 is 0 Å². The molecule has 0 bridgehead atoms. The molecule has 0 amide bonds. The molecule has 81 heavy (non-hydrogen) atoms. The van der Waals surface area contributed by atoms with Crippen LogP contribution in [0.25, 0.3) is 101 Å². The maximum atomic E-state index is 5.78. The first-order valence-corrected chi connectivity index (χ1v) is 28.4. The largest absolute Gasteiger partial charge is 0.228 e. The van der Waals surface area contributed by atoms with Gasteiger partial charge in [0.15, 0.2) is 5.82 Å². The molecule has 3 spiro atoms. The molecule has 0 saturated heterocycles. The van der Waals surface area contributed by atoms with Gasteiger partial charge in [0.1, 0.15) is 0 Å². The fourth-order valence-electron chi connectivity index (χ4n) is 16.6. The van der Waals surface area contributed by atoms with E-state index < -0.39 is 16.2 Å². The minimum Gasteiger partial charge on any atom is -0.228 e. The number of hydrogen-bond donors (Lipinski definition) is 0. The van der Waals surface area contributed by atoms with Gasteiger partial charge < -0.3 is 0 Å². The fourth-order valence-corrected chi connectivity index (χ4v) is 16.6. The molecule has 12 aromatic carbocycles. The Kier molecular flexibility index (Phi) is 8.36. The van der Waals surface area contributed by atoms with E-state index in [0.717, 1.165) is 28.1 Å². The lowest BCUT2D eigenvalue weighted by atomic mass is 9.70. The van der Waals surface area contributed by atoms with Gasteiger partial charge in [-0.05, 0) is 158 Å². The Balaban J connectivity index is 0.869. The molecule has 6 aliphatic rings. The lowest BCUT2D eigenvalue weighted by Crippen LogP contribution is -2.26. The number of rotatable bonds is 3. The summed E-state index contributed by atoms with van der Waals surface area (Å²) in [6.45, 7) is 0. The summed E-state index contributed by atoms with van der Waals surface area (Å²) in [5, 5.41) is 0. The molecule has 0 radical (unpaired) electrons. The second kappa shape index (κ2) is 15.5. The summed E-state index contributed by atoms with van der Waals surface area (Å²) in [5.74, 6) is 0.695. The maximum Gasteiger partial charge on any atom is 0.160 e. The normalized spacial score (nSPS) is 15.0. The fraction of sp³-hybridized carbons (Fsp3) is 0.0380. The molecule has 1 aromatic heterocycles. The van der Waals surface area contributed by atoms with Gasteiger partial charge >= 0.3 is 0 Å².